The zero-order valence-corrected chi connectivity index (χ0v) is 23.3. The van der Waals surface area contributed by atoms with E-state index in [4.69, 9.17) is 9.47 Å². The first-order valence-corrected chi connectivity index (χ1v) is 13.8. The maximum Gasteiger partial charge on any atom is 0.328 e. The van der Waals surface area contributed by atoms with Gasteiger partial charge < -0.3 is 20.1 Å². The van der Waals surface area contributed by atoms with Crippen LogP contribution in [0.25, 0.3) is 0 Å². The van der Waals surface area contributed by atoms with Gasteiger partial charge in [-0.05, 0) is 38.8 Å². The summed E-state index contributed by atoms with van der Waals surface area (Å²) in [7, 11) is 0. The average molecular weight is 525 g/mol. The Morgan fingerprint density at radius 1 is 0.737 bits per heavy atom. The minimum Gasteiger partial charge on any atom is -0.465 e. The molecule has 2 N–H and O–H groups in total. The molecule has 2 aromatic carbocycles. The van der Waals surface area contributed by atoms with Gasteiger partial charge in [0.2, 0.25) is 0 Å². The van der Waals surface area contributed by atoms with E-state index in [1.807, 2.05) is 74.5 Å². The van der Waals surface area contributed by atoms with Crippen molar-refractivity contribution in [1.82, 2.24) is 20.4 Å². The van der Waals surface area contributed by atoms with E-state index in [-0.39, 0.29) is 24.0 Å². The molecule has 2 aromatic rings. The zero-order valence-electron chi connectivity index (χ0n) is 23.3. The number of ether oxygens (including phenoxy) is 2. The first-order chi connectivity index (χ1) is 18.4. The van der Waals surface area contributed by atoms with Crippen LogP contribution in [-0.2, 0) is 19.1 Å². The predicted octanol–water partition coefficient (Wildman–Crippen LogP) is 3.17. The predicted molar refractivity (Wildman–Crippen MR) is 150 cm³/mol. The van der Waals surface area contributed by atoms with Crippen molar-refractivity contribution >= 4 is 11.9 Å². The van der Waals surface area contributed by atoms with E-state index in [0.29, 0.717) is 25.3 Å². The van der Waals surface area contributed by atoms with E-state index in [1.165, 1.54) is 0 Å². The van der Waals surface area contributed by atoms with Crippen LogP contribution in [0.5, 0.6) is 0 Å². The highest BCUT2D eigenvalue weighted by atomic mass is 16.5. The SMILES string of the molecule is CCOC(=O)[C@@H](c1ccccc1)N1CCN[C@H](C)C1.CCOC(=O)[C@H](c1ccccc1)N1CCN[C@H](C)C1. The van der Waals surface area contributed by atoms with Gasteiger partial charge in [-0.25, -0.2) is 9.59 Å². The molecule has 38 heavy (non-hydrogen) atoms. The van der Waals surface area contributed by atoms with Crippen LogP contribution in [0.1, 0.15) is 50.9 Å². The van der Waals surface area contributed by atoms with E-state index in [0.717, 1.165) is 50.4 Å². The van der Waals surface area contributed by atoms with E-state index >= 15 is 0 Å². The molecule has 0 saturated carbocycles. The van der Waals surface area contributed by atoms with Crippen molar-refractivity contribution in [2.24, 2.45) is 0 Å². The van der Waals surface area contributed by atoms with Gasteiger partial charge in [0.25, 0.3) is 0 Å². The molecule has 0 spiro atoms. The summed E-state index contributed by atoms with van der Waals surface area (Å²) in [5.74, 6) is -0.300. The minimum absolute atomic E-state index is 0.150. The lowest BCUT2D eigenvalue weighted by atomic mass is 10.0. The summed E-state index contributed by atoms with van der Waals surface area (Å²) in [4.78, 5) is 28.9. The fourth-order valence-electron chi connectivity index (χ4n) is 5.10. The van der Waals surface area contributed by atoms with Crippen LogP contribution in [0.15, 0.2) is 60.7 Å². The van der Waals surface area contributed by atoms with Gasteiger partial charge in [0.15, 0.2) is 0 Å². The number of rotatable bonds is 8. The summed E-state index contributed by atoms with van der Waals surface area (Å²) in [6, 6.07) is 20.0. The number of hydrogen-bond donors (Lipinski definition) is 2. The fraction of sp³-hybridized carbons (Fsp3) is 0.533. The van der Waals surface area contributed by atoms with Crippen molar-refractivity contribution in [3.05, 3.63) is 71.8 Å². The van der Waals surface area contributed by atoms with E-state index < -0.39 is 0 Å². The van der Waals surface area contributed by atoms with Crippen molar-refractivity contribution in [3.8, 4) is 0 Å². The van der Waals surface area contributed by atoms with Crippen LogP contribution in [0, 0.1) is 0 Å². The second-order valence-electron chi connectivity index (χ2n) is 9.83. The molecule has 2 heterocycles. The third kappa shape index (κ3) is 8.63. The molecule has 8 nitrogen and oxygen atoms in total. The molecule has 8 heteroatoms. The molecule has 0 aliphatic carbocycles. The summed E-state index contributed by atoms with van der Waals surface area (Å²) < 4.78 is 10.5. The van der Waals surface area contributed by atoms with Crippen LogP contribution in [-0.4, -0.2) is 86.3 Å². The summed E-state index contributed by atoms with van der Waals surface area (Å²) in [6.45, 7) is 14.1. The smallest absolute Gasteiger partial charge is 0.328 e. The summed E-state index contributed by atoms with van der Waals surface area (Å²) in [5, 5.41) is 6.79. The standard InChI is InChI=1S/2C15H22N2O2/c2*1-3-19-15(18)14(13-7-5-4-6-8-13)17-10-9-16-12(2)11-17/h2*4-8,12,14,16H,3,9-11H2,1-2H3/t12-,14+;12-,14-/m11/s1. The lowest BCUT2D eigenvalue weighted by molar-refractivity contribution is -0.151. The number of piperazine rings is 2. The highest BCUT2D eigenvalue weighted by molar-refractivity contribution is 5.78. The van der Waals surface area contributed by atoms with Gasteiger partial charge >= 0.3 is 11.9 Å². The molecular formula is C30H44N4O4. The first kappa shape index (κ1) is 29.8. The van der Waals surface area contributed by atoms with Crippen molar-refractivity contribution in [2.45, 2.75) is 51.9 Å². The molecule has 0 amide bonds. The summed E-state index contributed by atoms with van der Waals surface area (Å²) in [5.41, 5.74) is 2.02. The maximum absolute atomic E-state index is 12.3. The molecule has 2 aliphatic rings. The zero-order chi connectivity index (χ0) is 27.3. The van der Waals surface area contributed by atoms with Gasteiger partial charge in [-0.15, -0.1) is 0 Å². The third-order valence-electron chi connectivity index (χ3n) is 6.78. The van der Waals surface area contributed by atoms with Crippen molar-refractivity contribution in [1.29, 1.82) is 0 Å². The van der Waals surface area contributed by atoms with Gasteiger partial charge in [-0.2, -0.15) is 0 Å². The lowest BCUT2D eigenvalue weighted by Gasteiger charge is -2.36. The van der Waals surface area contributed by atoms with Crippen molar-refractivity contribution in [3.63, 3.8) is 0 Å². The number of nitrogens with one attached hydrogen (secondary N) is 2. The largest absolute Gasteiger partial charge is 0.465 e. The molecule has 0 radical (unpaired) electrons. The van der Waals surface area contributed by atoms with E-state index in [9.17, 15) is 9.59 Å². The van der Waals surface area contributed by atoms with Crippen LogP contribution in [0.3, 0.4) is 0 Å². The molecule has 2 aliphatic heterocycles. The Bertz CT molecular complexity index is 895. The Labute approximate surface area is 227 Å². The van der Waals surface area contributed by atoms with Crippen LogP contribution in [0.2, 0.25) is 0 Å². The van der Waals surface area contributed by atoms with Gasteiger partial charge in [-0.3, -0.25) is 9.80 Å². The third-order valence-corrected chi connectivity index (χ3v) is 6.78. The monoisotopic (exact) mass is 524 g/mol. The number of esters is 2. The van der Waals surface area contributed by atoms with Gasteiger partial charge in [-0.1, -0.05) is 60.7 Å². The van der Waals surface area contributed by atoms with Crippen LogP contribution < -0.4 is 10.6 Å². The average Bonchev–Trinajstić information content (AvgIpc) is 2.91. The number of nitrogens with zero attached hydrogens (tertiary/aromatic N) is 2. The van der Waals surface area contributed by atoms with Crippen molar-refractivity contribution < 1.29 is 19.1 Å². The van der Waals surface area contributed by atoms with Gasteiger partial charge in [0.1, 0.15) is 12.1 Å². The van der Waals surface area contributed by atoms with Gasteiger partial charge in [0, 0.05) is 51.4 Å². The Morgan fingerprint density at radius 3 is 1.42 bits per heavy atom. The fourth-order valence-corrected chi connectivity index (χ4v) is 5.10. The number of carbonyl (C=O) groups excluding carboxylic acids is 2. The van der Waals surface area contributed by atoms with Crippen LogP contribution in [0.4, 0.5) is 0 Å². The quantitative estimate of drug-likeness (QED) is 0.510. The summed E-state index contributed by atoms with van der Waals surface area (Å²) >= 11 is 0. The molecule has 4 atom stereocenters. The maximum atomic E-state index is 12.3. The Morgan fingerprint density at radius 2 is 1.11 bits per heavy atom. The first-order valence-electron chi connectivity index (χ1n) is 13.8. The second kappa shape index (κ2) is 15.6. The number of benzene rings is 2. The van der Waals surface area contributed by atoms with E-state index in [2.05, 4.69) is 34.3 Å². The number of carbonyl (C=O) groups is 2. The van der Waals surface area contributed by atoms with Gasteiger partial charge in [0.05, 0.1) is 13.2 Å². The molecule has 208 valence electrons. The summed E-state index contributed by atoms with van der Waals surface area (Å²) in [6.07, 6.45) is 0. The topological polar surface area (TPSA) is 83.1 Å². The van der Waals surface area contributed by atoms with Crippen molar-refractivity contribution in [2.75, 3.05) is 52.5 Å². The molecule has 0 bridgehead atoms. The van der Waals surface area contributed by atoms with E-state index in [1.54, 1.807) is 0 Å². The Hall–Kier alpha value is -2.78. The molecule has 2 saturated heterocycles. The molecule has 4 rings (SSSR count). The molecular weight excluding hydrogens is 480 g/mol. The Balaban J connectivity index is 0.000000211. The highest BCUT2D eigenvalue weighted by Gasteiger charge is 2.32. The molecule has 2 fully saturated rings. The van der Waals surface area contributed by atoms with Crippen LogP contribution >= 0.6 is 0 Å². The lowest BCUT2D eigenvalue weighted by Crippen LogP contribution is -2.51. The Kier molecular flexibility index (Phi) is 12.2. The molecule has 0 unspecified atom stereocenters. The molecule has 0 aromatic heterocycles. The number of hydrogen-bond acceptors (Lipinski definition) is 8. The normalized spacial score (nSPS) is 21.9. The minimum atomic E-state index is -0.286. The second-order valence-corrected chi connectivity index (χ2v) is 9.83. The highest BCUT2D eigenvalue weighted by Crippen LogP contribution is 2.24.